The maximum absolute atomic E-state index is 12.7. The molecule has 3 heteroatoms. The van der Waals surface area contributed by atoms with E-state index in [2.05, 4.69) is 51.8 Å². The summed E-state index contributed by atoms with van der Waals surface area (Å²) in [5.41, 5.74) is 0. The molecule has 1 heterocycles. The van der Waals surface area contributed by atoms with E-state index in [1.807, 2.05) is 0 Å². The van der Waals surface area contributed by atoms with Crippen LogP contribution in [0.4, 0.5) is 0 Å². The molecule has 20 heavy (non-hydrogen) atoms. The van der Waals surface area contributed by atoms with Gasteiger partial charge in [0.2, 0.25) is 5.91 Å². The molecule has 0 saturated carbocycles. The second kappa shape index (κ2) is 8.02. The molecular formula is C17H34N2O. The van der Waals surface area contributed by atoms with Crippen LogP contribution in [0.25, 0.3) is 0 Å². The van der Waals surface area contributed by atoms with Crippen molar-refractivity contribution < 1.29 is 4.79 Å². The van der Waals surface area contributed by atoms with Gasteiger partial charge in [-0.1, -0.05) is 53.9 Å². The van der Waals surface area contributed by atoms with E-state index >= 15 is 0 Å². The summed E-state index contributed by atoms with van der Waals surface area (Å²) in [5, 5.41) is 3.57. The summed E-state index contributed by atoms with van der Waals surface area (Å²) in [6.07, 6.45) is 6.01. The van der Waals surface area contributed by atoms with Crippen LogP contribution in [0.3, 0.4) is 0 Å². The fourth-order valence-corrected chi connectivity index (χ4v) is 3.15. The molecule has 1 rings (SSSR count). The largest absolute Gasteiger partial charge is 0.323 e. The van der Waals surface area contributed by atoms with E-state index in [0.717, 1.165) is 12.8 Å². The molecule has 0 spiro atoms. The molecule has 3 atom stereocenters. The SMILES string of the molecule is CCCCCC(C)N1C(=O)C(CC(C)C)NC1C(C)C. The molecule has 1 amide bonds. The highest BCUT2D eigenvalue weighted by atomic mass is 16.2. The Morgan fingerprint density at radius 2 is 1.80 bits per heavy atom. The number of hydrogen-bond acceptors (Lipinski definition) is 2. The number of carbonyl (C=O) groups is 1. The van der Waals surface area contributed by atoms with Gasteiger partial charge in [-0.25, -0.2) is 0 Å². The highest BCUT2D eigenvalue weighted by molar-refractivity contribution is 5.84. The molecule has 118 valence electrons. The molecule has 0 aromatic carbocycles. The van der Waals surface area contributed by atoms with E-state index in [4.69, 9.17) is 0 Å². The minimum absolute atomic E-state index is 0.0241. The van der Waals surface area contributed by atoms with Crippen molar-refractivity contribution in [2.45, 2.75) is 91.9 Å². The lowest BCUT2D eigenvalue weighted by Crippen LogP contribution is -2.46. The van der Waals surface area contributed by atoms with Gasteiger partial charge in [-0.15, -0.1) is 0 Å². The van der Waals surface area contributed by atoms with Crippen LogP contribution >= 0.6 is 0 Å². The monoisotopic (exact) mass is 282 g/mol. The van der Waals surface area contributed by atoms with Crippen molar-refractivity contribution in [2.24, 2.45) is 11.8 Å². The summed E-state index contributed by atoms with van der Waals surface area (Å²) in [6, 6.07) is 0.377. The molecule has 1 fully saturated rings. The van der Waals surface area contributed by atoms with Gasteiger partial charge < -0.3 is 4.90 Å². The maximum Gasteiger partial charge on any atom is 0.241 e. The standard InChI is InChI=1S/C17H34N2O/c1-7-8-9-10-14(6)19-16(13(4)5)18-15(17(19)20)11-12(2)3/h12-16,18H,7-11H2,1-6H3. The Bertz CT molecular complexity index is 301. The van der Waals surface area contributed by atoms with Gasteiger partial charge in [0.15, 0.2) is 0 Å². The average Bonchev–Trinajstić information content (AvgIpc) is 2.66. The molecule has 0 aromatic rings. The molecule has 3 unspecified atom stereocenters. The van der Waals surface area contributed by atoms with Crippen LogP contribution in [0.2, 0.25) is 0 Å². The quantitative estimate of drug-likeness (QED) is 0.687. The first-order valence-corrected chi connectivity index (χ1v) is 8.46. The first-order chi connectivity index (χ1) is 9.38. The topological polar surface area (TPSA) is 32.3 Å². The van der Waals surface area contributed by atoms with E-state index in [1.165, 1.54) is 19.3 Å². The Kier molecular flexibility index (Phi) is 7.01. The van der Waals surface area contributed by atoms with Crippen LogP contribution in [0.15, 0.2) is 0 Å². The number of hydrogen-bond donors (Lipinski definition) is 1. The summed E-state index contributed by atoms with van der Waals surface area (Å²) in [6.45, 7) is 13.2. The fraction of sp³-hybridized carbons (Fsp3) is 0.941. The minimum Gasteiger partial charge on any atom is -0.323 e. The van der Waals surface area contributed by atoms with Crippen LogP contribution in [0.1, 0.15) is 73.6 Å². The van der Waals surface area contributed by atoms with Crippen molar-refractivity contribution >= 4 is 5.91 Å². The van der Waals surface area contributed by atoms with Crippen molar-refractivity contribution in [1.29, 1.82) is 0 Å². The fourth-order valence-electron chi connectivity index (χ4n) is 3.15. The second-order valence-corrected chi connectivity index (χ2v) is 7.13. The van der Waals surface area contributed by atoms with Gasteiger partial charge in [0.05, 0.1) is 12.2 Å². The summed E-state index contributed by atoms with van der Waals surface area (Å²) < 4.78 is 0. The minimum atomic E-state index is 0.0241. The normalized spacial score (nSPS) is 25.0. The Labute approximate surface area is 125 Å². The highest BCUT2D eigenvalue weighted by Gasteiger charge is 2.42. The molecule has 0 aromatic heterocycles. The smallest absolute Gasteiger partial charge is 0.241 e. The van der Waals surface area contributed by atoms with Crippen molar-refractivity contribution in [3.8, 4) is 0 Å². The third kappa shape index (κ3) is 4.47. The zero-order valence-corrected chi connectivity index (χ0v) is 14.3. The maximum atomic E-state index is 12.7. The zero-order valence-electron chi connectivity index (χ0n) is 14.3. The van der Waals surface area contributed by atoms with Crippen LogP contribution < -0.4 is 5.32 Å². The summed E-state index contributed by atoms with van der Waals surface area (Å²) in [5.74, 6) is 1.34. The molecule has 1 aliphatic heterocycles. The first-order valence-electron chi connectivity index (χ1n) is 8.46. The van der Waals surface area contributed by atoms with Crippen LogP contribution in [-0.4, -0.2) is 29.1 Å². The average molecular weight is 282 g/mol. The molecule has 1 saturated heterocycles. The summed E-state index contributed by atoms with van der Waals surface area (Å²) in [4.78, 5) is 14.8. The predicted molar refractivity (Wildman–Crippen MR) is 85.5 cm³/mol. The number of nitrogens with one attached hydrogen (secondary N) is 1. The van der Waals surface area contributed by atoms with Gasteiger partial charge in [0, 0.05) is 6.04 Å². The van der Waals surface area contributed by atoms with E-state index in [0.29, 0.717) is 23.8 Å². The molecule has 0 bridgehead atoms. The molecule has 0 radical (unpaired) electrons. The van der Waals surface area contributed by atoms with Crippen LogP contribution in [0, 0.1) is 11.8 Å². The first kappa shape index (κ1) is 17.5. The molecule has 0 aliphatic carbocycles. The van der Waals surface area contributed by atoms with E-state index in [-0.39, 0.29) is 12.2 Å². The van der Waals surface area contributed by atoms with Crippen LogP contribution in [0.5, 0.6) is 0 Å². The van der Waals surface area contributed by atoms with Crippen molar-refractivity contribution in [3.63, 3.8) is 0 Å². The lowest BCUT2D eigenvalue weighted by atomic mass is 10.0. The number of nitrogens with zero attached hydrogens (tertiary/aromatic N) is 1. The Balaban J connectivity index is 2.71. The van der Waals surface area contributed by atoms with Gasteiger partial charge in [0.25, 0.3) is 0 Å². The third-order valence-electron chi connectivity index (χ3n) is 4.26. The van der Waals surface area contributed by atoms with Crippen molar-refractivity contribution in [2.75, 3.05) is 0 Å². The van der Waals surface area contributed by atoms with E-state index in [1.54, 1.807) is 0 Å². The lowest BCUT2D eigenvalue weighted by Gasteiger charge is -2.32. The van der Waals surface area contributed by atoms with E-state index in [9.17, 15) is 4.79 Å². The number of unbranched alkanes of at least 4 members (excludes halogenated alkanes) is 2. The third-order valence-corrected chi connectivity index (χ3v) is 4.26. The van der Waals surface area contributed by atoms with Gasteiger partial charge >= 0.3 is 0 Å². The Morgan fingerprint density at radius 3 is 2.30 bits per heavy atom. The number of rotatable bonds is 8. The molecule has 1 aliphatic rings. The molecular weight excluding hydrogens is 248 g/mol. The van der Waals surface area contributed by atoms with Gasteiger partial charge in [-0.2, -0.15) is 0 Å². The van der Waals surface area contributed by atoms with Crippen LogP contribution in [-0.2, 0) is 4.79 Å². The Hall–Kier alpha value is -0.570. The number of amides is 1. The van der Waals surface area contributed by atoms with Crippen molar-refractivity contribution in [1.82, 2.24) is 10.2 Å². The second-order valence-electron chi connectivity index (χ2n) is 7.13. The summed E-state index contributed by atoms with van der Waals surface area (Å²) in [7, 11) is 0. The Morgan fingerprint density at radius 1 is 1.15 bits per heavy atom. The van der Waals surface area contributed by atoms with Gasteiger partial charge in [-0.3, -0.25) is 10.1 Å². The number of carbonyl (C=O) groups excluding carboxylic acids is 1. The highest BCUT2D eigenvalue weighted by Crippen LogP contribution is 2.25. The lowest BCUT2D eigenvalue weighted by molar-refractivity contribution is -0.133. The molecule has 3 nitrogen and oxygen atoms in total. The van der Waals surface area contributed by atoms with Crippen molar-refractivity contribution in [3.05, 3.63) is 0 Å². The van der Waals surface area contributed by atoms with E-state index < -0.39 is 0 Å². The predicted octanol–water partition coefficient (Wildman–Crippen LogP) is 3.78. The van der Waals surface area contributed by atoms with Gasteiger partial charge in [-0.05, 0) is 31.6 Å². The molecule has 1 N–H and O–H groups in total. The summed E-state index contributed by atoms with van der Waals surface area (Å²) >= 11 is 0. The van der Waals surface area contributed by atoms with Gasteiger partial charge in [0.1, 0.15) is 0 Å². The zero-order chi connectivity index (χ0) is 15.3.